The summed E-state index contributed by atoms with van der Waals surface area (Å²) in [5.41, 5.74) is 3.86. The first kappa shape index (κ1) is 21.7. The molecule has 0 aliphatic carbocycles. The summed E-state index contributed by atoms with van der Waals surface area (Å²) in [5.74, 6) is 5.73. The number of nitrogen functional groups attached to an aromatic ring is 1. The highest BCUT2D eigenvalue weighted by molar-refractivity contribution is 7.98. The van der Waals surface area contributed by atoms with Gasteiger partial charge in [-0.2, -0.15) is 11.8 Å². The Kier molecular flexibility index (Phi) is 8.27. The van der Waals surface area contributed by atoms with Crippen LogP contribution in [0.3, 0.4) is 0 Å². The predicted octanol–water partition coefficient (Wildman–Crippen LogP) is 1.14. The Bertz CT molecular complexity index is 831. The van der Waals surface area contributed by atoms with Gasteiger partial charge in [0.15, 0.2) is 0 Å². The maximum absolute atomic E-state index is 12.6. The fraction of sp³-hybridized carbons (Fsp3) is 0.263. The Hall–Kier alpha value is -2.59. The lowest BCUT2D eigenvalue weighted by Gasteiger charge is -2.12. The van der Waals surface area contributed by atoms with Crippen molar-refractivity contribution >= 4 is 29.3 Å². The SMILES string of the molecule is COc1ccc(NC(=O)c2cccc(CSCC(O)CO)c2)c(C(=O)NN)c1. The van der Waals surface area contributed by atoms with Crippen LogP contribution in [0.1, 0.15) is 26.3 Å². The largest absolute Gasteiger partial charge is 0.497 e. The van der Waals surface area contributed by atoms with Gasteiger partial charge >= 0.3 is 0 Å². The minimum Gasteiger partial charge on any atom is -0.497 e. The number of thioether (sulfide) groups is 1. The van der Waals surface area contributed by atoms with Gasteiger partial charge in [0, 0.05) is 17.1 Å². The predicted molar refractivity (Wildman–Crippen MR) is 108 cm³/mol. The van der Waals surface area contributed by atoms with Crippen molar-refractivity contribution in [3.05, 3.63) is 59.2 Å². The number of hydrazine groups is 1. The van der Waals surface area contributed by atoms with Crippen LogP contribution in [-0.4, -0.2) is 47.6 Å². The van der Waals surface area contributed by atoms with Gasteiger partial charge in [0.25, 0.3) is 11.8 Å². The first-order chi connectivity index (χ1) is 13.5. The first-order valence-corrected chi connectivity index (χ1v) is 9.60. The van der Waals surface area contributed by atoms with E-state index in [0.29, 0.717) is 28.5 Å². The molecule has 1 unspecified atom stereocenters. The summed E-state index contributed by atoms with van der Waals surface area (Å²) in [4.78, 5) is 24.6. The summed E-state index contributed by atoms with van der Waals surface area (Å²) in [5, 5.41) is 20.9. The molecular formula is C19H23N3O5S. The van der Waals surface area contributed by atoms with Gasteiger partial charge in [0.1, 0.15) is 5.75 Å². The summed E-state index contributed by atoms with van der Waals surface area (Å²) in [7, 11) is 1.47. The van der Waals surface area contributed by atoms with Crippen molar-refractivity contribution in [1.29, 1.82) is 0 Å². The maximum atomic E-state index is 12.6. The Morgan fingerprint density at radius 1 is 1.21 bits per heavy atom. The Labute approximate surface area is 167 Å². The van der Waals surface area contributed by atoms with Crippen molar-refractivity contribution in [3.63, 3.8) is 0 Å². The molecule has 2 amide bonds. The topological polar surface area (TPSA) is 134 Å². The Balaban J connectivity index is 2.13. The fourth-order valence-corrected chi connectivity index (χ4v) is 3.30. The molecule has 0 aliphatic rings. The number of benzene rings is 2. The van der Waals surface area contributed by atoms with Gasteiger partial charge in [0.05, 0.1) is 31.1 Å². The molecule has 0 bridgehead atoms. The van der Waals surface area contributed by atoms with Gasteiger partial charge in [-0.25, -0.2) is 5.84 Å². The summed E-state index contributed by atoms with van der Waals surface area (Å²) in [6, 6.07) is 11.7. The van der Waals surface area contributed by atoms with Crippen molar-refractivity contribution in [2.75, 3.05) is 24.8 Å². The van der Waals surface area contributed by atoms with E-state index < -0.39 is 12.0 Å². The number of anilines is 1. The van der Waals surface area contributed by atoms with Crippen molar-refractivity contribution in [2.45, 2.75) is 11.9 Å². The lowest BCUT2D eigenvalue weighted by Crippen LogP contribution is -2.31. The number of nitrogens with two attached hydrogens (primary N) is 1. The van der Waals surface area contributed by atoms with E-state index in [1.165, 1.54) is 24.9 Å². The molecule has 9 heteroatoms. The van der Waals surface area contributed by atoms with E-state index >= 15 is 0 Å². The number of hydrogen-bond acceptors (Lipinski definition) is 7. The number of methoxy groups -OCH3 is 1. The third kappa shape index (κ3) is 5.96. The molecule has 0 radical (unpaired) electrons. The molecule has 8 nitrogen and oxygen atoms in total. The summed E-state index contributed by atoms with van der Waals surface area (Å²) in [6.07, 6.45) is -0.765. The molecule has 0 aliphatic heterocycles. The van der Waals surface area contributed by atoms with Crippen molar-refractivity contribution < 1.29 is 24.5 Å². The van der Waals surface area contributed by atoms with Gasteiger partial charge in [0.2, 0.25) is 0 Å². The minimum atomic E-state index is -0.765. The zero-order valence-electron chi connectivity index (χ0n) is 15.3. The van der Waals surface area contributed by atoms with Crippen LogP contribution in [0.2, 0.25) is 0 Å². The van der Waals surface area contributed by atoms with Crippen LogP contribution in [0.5, 0.6) is 5.75 Å². The van der Waals surface area contributed by atoms with Gasteiger partial charge in [-0.3, -0.25) is 15.0 Å². The Morgan fingerprint density at radius 2 is 2.00 bits per heavy atom. The standard InChI is InChI=1S/C19H23N3O5S/c1-27-15-5-6-17(16(8-15)19(26)22-20)21-18(25)13-4-2-3-12(7-13)10-28-11-14(24)9-23/h2-8,14,23-24H,9-11,20H2,1H3,(H,21,25)(H,22,26). The van der Waals surface area contributed by atoms with Crippen LogP contribution >= 0.6 is 11.8 Å². The van der Waals surface area contributed by atoms with Crippen LogP contribution < -0.4 is 21.3 Å². The zero-order chi connectivity index (χ0) is 20.5. The molecule has 28 heavy (non-hydrogen) atoms. The number of carbonyl (C=O) groups excluding carboxylic acids is 2. The normalized spacial score (nSPS) is 11.6. The van der Waals surface area contributed by atoms with Crippen LogP contribution in [-0.2, 0) is 5.75 Å². The summed E-state index contributed by atoms with van der Waals surface area (Å²) in [6.45, 7) is -0.282. The van der Waals surface area contributed by atoms with E-state index in [1.54, 1.807) is 30.3 Å². The third-order valence-corrected chi connectivity index (χ3v) is 4.99. The molecule has 2 aromatic rings. The number of nitrogens with one attached hydrogen (secondary N) is 2. The molecule has 0 saturated carbocycles. The van der Waals surface area contributed by atoms with Crippen molar-refractivity contribution in [1.82, 2.24) is 5.43 Å². The molecule has 0 aromatic heterocycles. The smallest absolute Gasteiger partial charge is 0.267 e. The maximum Gasteiger partial charge on any atom is 0.267 e. The fourth-order valence-electron chi connectivity index (χ4n) is 2.39. The monoisotopic (exact) mass is 405 g/mol. The average Bonchev–Trinajstić information content (AvgIpc) is 2.73. The first-order valence-electron chi connectivity index (χ1n) is 8.44. The van der Waals surface area contributed by atoms with Crippen molar-refractivity contribution in [2.24, 2.45) is 5.84 Å². The number of aliphatic hydroxyl groups excluding tert-OH is 2. The van der Waals surface area contributed by atoms with Crippen LogP contribution in [0.15, 0.2) is 42.5 Å². The number of aliphatic hydroxyl groups is 2. The van der Waals surface area contributed by atoms with E-state index in [0.717, 1.165) is 5.56 Å². The second-order valence-corrected chi connectivity index (χ2v) is 6.92. The second-order valence-electron chi connectivity index (χ2n) is 5.89. The lowest BCUT2D eigenvalue weighted by atomic mass is 10.1. The van der Waals surface area contributed by atoms with Crippen LogP contribution in [0.4, 0.5) is 5.69 Å². The van der Waals surface area contributed by atoms with E-state index in [4.69, 9.17) is 15.7 Å². The summed E-state index contributed by atoms with van der Waals surface area (Å²) >= 11 is 1.45. The molecule has 6 N–H and O–H groups in total. The average molecular weight is 405 g/mol. The highest BCUT2D eigenvalue weighted by atomic mass is 32.2. The van der Waals surface area contributed by atoms with Gasteiger partial charge < -0.3 is 20.3 Å². The lowest BCUT2D eigenvalue weighted by molar-refractivity contribution is 0.0954. The molecule has 0 spiro atoms. The second kappa shape index (κ2) is 10.7. The number of amides is 2. The van der Waals surface area contributed by atoms with Crippen molar-refractivity contribution in [3.8, 4) is 5.75 Å². The quantitative estimate of drug-likeness (QED) is 0.240. The number of rotatable bonds is 9. The van der Waals surface area contributed by atoms with Gasteiger partial charge in [-0.05, 0) is 35.9 Å². The van der Waals surface area contributed by atoms with Crippen LogP contribution in [0.25, 0.3) is 0 Å². The number of carbonyl (C=O) groups is 2. The van der Waals surface area contributed by atoms with E-state index in [1.807, 2.05) is 11.5 Å². The summed E-state index contributed by atoms with van der Waals surface area (Å²) < 4.78 is 5.10. The van der Waals surface area contributed by atoms with E-state index in [2.05, 4.69) is 5.32 Å². The highest BCUT2D eigenvalue weighted by Crippen LogP contribution is 2.23. The van der Waals surface area contributed by atoms with Gasteiger partial charge in [-0.1, -0.05) is 12.1 Å². The molecule has 2 rings (SSSR count). The van der Waals surface area contributed by atoms with Crippen LogP contribution in [0, 0.1) is 0 Å². The molecule has 150 valence electrons. The molecule has 0 fully saturated rings. The number of ether oxygens (including phenoxy) is 1. The third-order valence-electron chi connectivity index (χ3n) is 3.83. The molecule has 0 saturated heterocycles. The zero-order valence-corrected chi connectivity index (χ0v) is 16.2. The molecular weight excluding hydrogens is 382 g/mol. The minimum absolute atomic E-state index is 0.180. The number of hydrogen-bond donors (Lipinski definition) is 5. The Morgan fingerprint density at radius 3 is 2.68 bits per heavy atom. The highest BCUT2D eigenvalue weighted by Gasteiger charge is 2.15. The molecule has 0 heterocycles. The van der Waals surface area contributed by atoms with Gasteiger partial charge in [-0.15, -0.1) is 0 Å². The molecule has 1 atom stereocenters. The van der Waals surface area contributed by atoms with E-state index in [-0.39, 0.29) is 18.1 Å². The van der Waals surface area contributed by atoms with E-state index in [9.17, 15) is 14.7 Å². The molecule has 2 aromatic carbocycles.